The number of nitrogens with zero attached hydrogens (tertiary/aromatic N) is 3. The number of hydrogen-bond donors (Lipinski definition) is 1. The molecule has 1 heterocycles. The first-order chi connectivity index (χ1) is 15.7. The topological polar surface area (TPSA) is 98.8 Å². The van der Waals surface area contributed by atoms with E-state index in [1.165, 1.54) is 55.9 Å². The second kappa shape index (κ2) is 12.6. The van der Waals surface area contributed by atoms with Crippen LogP contribution in [0, 0.1) is 22.7 Å². The van der Waals surface area contributed by atoms with Crippen molar-refractivity contribution in [2.75, 3.05) is 11.9 Å². The molecule has 1 aliphatic carbocycles. The quantitative estimate of drug-likeness (QED) is 0.582. The number of nitriles is 2. The summed E-state index contributed by atoms with van der Waals surface area (Å²) in [7, 11) is 0. The number of aryl methyl sites for hydroxylation is 2. The molecule has 0 aliphatic heterocycles. The van der Waals surface area contributed by atoms with Crippen LogP contribution < -0.4 is 10.1 Å². The van der Waals surface area contributed by atoms with Gasteiger partial charge in [-0.15, -0.1) is 11.3 Å². The Balaban J connectivity index is 1.61. The van der Waals surface area contributed by atoms with Gasteiger partial charge in [-0.2, -0.15) is 10.5 Å². The predicted molar refractivity (Wildman–Crippen MR) is 126 cm³/mol. The first-order valence-electron chi connectivity index (χ1n) is 11.2. The third-order valence-electron chi connectivity index (χ3n) is 5.41. The van der Waals surface area contributed by atoms with Crippen molar-refractivity contribution in [2.45, 2.75) is 64.2 Å². The van der Waals surface area contributed by atoms with Crippen molar-refractivity contribution in [1.82, 2.24) is 4.98 Å². The van der Waals surface area contributed by atoms with Crippen LogP contribution >= 0.6 is 11.3 Å². The number of ether oxygens (including phenoxy) is 1. The van der Waals surface area contributed by atoms with E-state index in [2.05, 4.69) is 5.32 Å². The van der Waals surface area contributed by atoms with E-state index < -0.39 is 0 Å². The Bertz CT molecular complexity index is 984. The van der Waals surface area contributed by atoms with Crippen LogP contribution in [0.15, 0.2) is 29.8 Å². The minimum Gasteiger partial charge on any atom is -0.483 e. The third-order valence-corrected chi connectivity index (χ3v) is 6.48. The third kappa shape index (κ3) is 7.21. The van der Waals surface area contributed by atoms with Crippen molar-refractivity contribution in [1.29, 1.82) is 10.5 Å². The fourth-order valence-electron chi connectivity index (χ4n) is 3.74. The van der Waals surface area contributed by atoms with E-state index in [9.17, 15) is 4.79 Å². The molecule has 32 heavy (non-hydrogen) atoms. The number of benzene rings is 1. The van der Waals surface area contributed by atoms with Gasteiger partial charge in [-0.05, 0) is 37.8 Å². The number of fused-ring (bicyclic) bond motifs is 1. The highest BCUT2D eigenvalue weighted by Crippen LogP contribution is 2.28. The highest BCUT2D eigenvalue weighted by Gasteiger charge is 2.14. The Morgan fingerprint density at radius 3 is 2.41 bits per heavy atom. The number of allylic oxidation sites excluding steroid dienone is 1. The average Bonchev–Trinajstić information content (AvgIpc) is 3.17. The zero-order valence-corrected chi connectivity index (χ0v) is 19.0. The normalized spacial score (nSPS) is 14.4. The van der Waals surface area contributed by atoms with Gasteiger partial charge in [0.25, 0.3) is 5.91 Å². The molecule has 6 nitrogen and oxygen atoms in total. The molecule has 1 N–H and O–H groups in total. The molecule has 166 valence electrons. The molecule has 0 spiro atoms. The van der Waals surface area contributed by atoms with Gasteiger partial charge in [-0.1, -0.05) is 56.7 Å². The Morgan fingerprint density at radius 2 is 1.69 bits per heavy atom. The van der Waals surface area contributed by atoms with Crippen molar-refractivity contribution in [2.24, 2.45) is 0 Å². The second-order valence-electron chi connectivity index (χ2n) is 7.87. The maximum atomic E-state index is 12.5. The highest BCUT2D eigenvalue weighted by atomic mass is 32.1. The van der Waals surface area contributed by atoms with Gasteiger partial charge in [0.2, 0.25) is 0 Å². The number of hydrogen-bond acceptors (Lipinski definition) is 6. The van der Waals surface area contributed by atoms with Crippen LogP contribution in [0.3, 0.4) is 0 Å². The number of rotatable bonds is 5. The van der Waals surface area contributed by atoms with E-state index in [1.54, 1.807) is 35.6 Å². The molecule has 0 unspecified atom stereocenters. The van der Waals surface area contributed by atoms with Crippen molar-refractivity contribution in [3.05, 3.63) is 46.0 Å². The molecule has 0 radical (unpaired) electrons. The zero-order valence-electron chi connectivity index (χ0n) is 18.2. The minimum atomic E-state index is -0.283. The summed E-state index contributed by atoms with van der Waals surface area (Å²) in [4.78, 5) is 18.5. The maximum Gasteiger partial charge on any atom is 0.264 e. The second-order valence-corrected chi connectivity index (χ2v) is 8.96. The molecule has 0 atom stereocenters. The summed E-state index contributed by atoms with van der Waals surface area (Å²) in [5, 5.41) is 21.4. The van der Waals surface area contributed by atoms with Crippen LogP contribution in [0.4, 0.5) is 5.13 Å². The average molecular weight is 449 g/mol. The lowest BCUT2D eigenvalue weighted by molar-refractivity contribution is -0.118. The molecule has 2 aromatic rings. The van der Waals surface area contributed by atoms with Gasteiger partial charge in [0.1, 0.15) is 23.5 Å². The Morgan fingerprint density at radius 1 is 1.03 bits per heavy atom. The van der Waals surface area contributed by atoms with Crippen molar-refractivity contribution >= 4 is 28.5 Å². The first kappa shape index (κ1) is 23.5. The van der Waals surface area contributed by atoms with Crippen LogP contribution in [0.5, 0.6) is 5.75 Å². The Kier molecular flexibility index (Phi) is 9.28. The lowest BCUT2D eigenvalue weighted by Gasteiger charge is -2.08. The molecular formula is C25H28N4O2S. The minimum absolute atomic E-state index is 0.0243. The Labute approximate surface area is 193 Å². The van der Waals surface area contributed by atoms with E-state index in [-0.39, 0.29) is 18.1 Å². The summed E-state index contributed by atoms with van der Waals surface area (Å²) < 4.78 is 5.67. The number of amides is 1. The molecule has 1 aliphatic rings. The van der Waals surface area contributed by atoms with Gasteiger partial charge < -0.3 is 4.74 Å². The van der Waals surface area contributed by atoms with Gasteiger partial charge in [0.05, 0.1) is 5.69 Å². The van der Waals surface area contributed by atoms with E-state index in [0.717, 1.165) is 25.0 Å². The molecule has 0 bridgehead atoms. The van der Waals surface area contributed by atoms with Crippen LogP contribution in [-0.2, 0) is 17.6 Å². The van der Waals surface area contributed by atoms with E-state index >= 15 is 0 Å². The number of nitrogens with one attached hydrogen (secondary N) is 1. The van der Waals surface area contributed by atoms with E-state index in [0.29, 0.717) is 16.4 Å². The van der Waals surface area contributed by atoms with Crippen LogP contribution in [0.1, 0.15) is 67.5 Å². The number of carbonyl (C=O) groups is 1. The number of aromatic nitrogens is 1. The van der Waals surface area contributed by atoms with Gasteiger partial charge >= 0.3 is 0 Å². The van der Waals surface area contributed by atoms with Crippen molar-refractivity contribution in [3.8, 4) is 17.9 Å². The van der Waals surface area contributed by atoms with Crippen LogP contribution in [0.2, 0.25) is 0 Å². The maximum absolute atomic E-state index is 12.5. The van der Waals surface area contributed by atoms with Gasteiger partial charge in [0, 0.05) is 10.4 Å². The molecule has 1 aromatic heterocycles. The number of carbonyl (C=O) groups excluding carboxylic acids is 1. The fraction of sp³-hybridized carbons (Fsp3) is 0.440. The lowest BCUT2D eigenvalue weighted by atomic mass is 10.0. The lowest BCUT2D eigenvalue weighted by Crippen LogP contribution is -2.20. The highest BCUT2D eigenvalue weighted by molar-refractivity contribution is 7.15. The molecule has 1 aromatic carbocycles. The number of thiazole rings is 1. The van der Waals surface area contributed by atoms with Gasteiger partial charge in [-0.3, -0.25) is 10.1 Å². The first-order valence-corrected chi connectivity index (χ1v) is 12.0. The summed E-state index contributed by atoms with van der Waals surface area (Å²) in [5.74, 6) is 0.158. The summed E-state index contributed by atoms with van der Waals surface area (Å²) in [6, 6.07) is 10.7. The smallest absolute Gasteiger partial charge is 0.264 e. The summed E-state index contributed by atoms with van der Waals surface area (Å²) in [5.41, 5.74) is 1.68. The SMILES string of the molecule is N#CC(C#N)=Cc1ccccc1OCC(=O)Nc1nc2c(s1)CCCCCCCCCC2. The fourth-order valence-corrected chi connectivity index (χ4v) is 4.81. The standard InChI is InChI=1S/C25H28N4O2S/c26-16-19(17-27)15-20-11-9-10-13-22(20)31-18-24(30)29-25-28-21-12-7-5-3-1-2-4-6-8-14-23(21)32-25/h9-11,13,15H,1-8,12,14,18H2,(H,28,29,30). The summed E-state index contributed by atoms with van der Waals surface area (Å²) in [6.07, 6.45) is 13.5. The van der Waals surface area contributed by atoms with Crippen LogP contribution in [-0.4, -0.2) is 17.5 Å². The Hall–Kier alpha value is -3.16. The summed E-state index contributed by atoms with van der Waals surface area (Å²) >= 11 is 1.57. The van der Waals surface area contributed by atoms with Gasteiger partial charge in [-0.25, -0.2) is 4.98 Å². The van der Waals surface area contributed by atoms with Crippen molar-refractivity contribution < 1.29 is 9.53 Å². The number of para-hydroxylation sites is 1. The van der Waals surface area contributed by atoms with Crippen LogP contribution in [0.25, 0.3) is 6.08 Å². The molecule has 3 rings (SSSR count). The molecular weight excluding hydrogens is 420 g/mol. The predicted octanol–water partition coefficient (Wildman–Crippen LogP) is 5.81. The zero-order chi connectivity index (χ0) is 22.6. The molecule has 0 saturated heterocycles. The van der Waals surface area contributed by atoms with Gasteiger partial charge in [0.15, 0.2) is 11.7 Å². The number of anilines is 1. The monoisotopic (exact) mass is 448 g/mol. The van der Waals surface area contributed by atoms with E-state index in [1.807, 2.05) is 12.1 Å². The largest absolute Gasteiger partial charge is 0.483 e. The summed E-state index contributed by atoms with van der Waals surface area (Å²) in [6.45, 7) is -0.177. The van der Waals surface area contributed by atoms with E-state index in [4.69, 9.17) is 20.2 Å². The molecule has 0 saturated carbocycles. The van der Waals surface area contributed by atoms with Crippen molar-refractivity contribution in [3.63, 3.8) is 0 Å². The molecule has 0 fully saturated rings. The molecule has 1 amide bonds. The molecule has 7 heteroatoms.